The van der Waals surface area contributed by atoms with Gasteiger partial charge in [0.25, 0.3) is 5.44 Å². The lowest BCUT2D eigenvalue weighted by Gasteiger charge is -2.24. The first-order valence-corrected chi connectivity index (χ1v) is 10.4. The molecule has 0 fully saturated rings. The number of para-hydroxylation sites is 1. The Morgan fingerprint density at radius 1 is 0.913 bits per heavy atom. The minimum Gasteiger partial charge on any atom is -0.307 e. The molecule has 0 saturated carbocycles. The average Bonchev–Trinajstić information content (AvgIpc) is 2.62. The van der Waals surface area contributed by atoms with Crippen molar-refractivity contribution >= 4 is 29.6 Å². The van der Waals surface area contributed by atoms with Crippen LogP contribution in [0.25, 0.3) is 5.69 Å². The Labute approximate surface area is 140 Å². The van der Waals surface area contributed by atoms with Crippen LogP contribution >= 0.6 is 18.9 Å². The van der Waals surface area contributed by atoms with E-state index >= 15 is 0 Å². The maximum atomic E-state index is 14.0. The lowest BCUT2D eigenvalue weighted by Crippen LogP contribution is -2.50. The SMILES string of the molecule is CCP1(=O)c2ccccc2Sc2ccc[n+](-c3ccccc3)c21. The van der Waals surface area contributed by atoms with Gasteiger partial charge in [-0.1, -0.05) is 49.0 Å². The zero-order chi connectivity index (χ0) is 15.9. The number of nitrogens with zero attached hydrogens (tertiary/aromatic N) is 1. The van der Waals surface area contributed by atoms with Gasteiger partial charge in [0.05, 0.1) is 4.90 Å². The van der Waals surface area contributed by atoms with Gasteiger partial charge in [-0.3, -0.25) is 0 Å². The van der Waals surface area contributed by atoms with Gasteiger partial charge in [-0.05, 0) is 18.2 Å². The maximum absolute atomic E-state index is 14.0. The lowest BCUT2D eigenvalue weighted by molar-refractivity contribution is -0.578. The van der Waals surface area contributed by atoms with Crippen LogP contribution in [0.3, 0.4) is 0 Å². The molecule has 1 aromatic heterocycles. The minimum atomic E-state index is -2.64. The van der Waals surface area contributed by atoms with E-state index in [0.717, 1.165) is 26.2 Å². The third kappa shape index (κ3) is 2.27. The number of benzene rings is 2. The first-order chi connectivity index (χ1) is 11.2. The third-order valence-electron chi connectivity index (χ3n) is 4.23. The Bertz CT molecular complexity index is 924. The second-order valence-corrected chi connectivity index (χ2v) is 9.63. The Balaban J connectivity index is 2.04. The van der Waals surface area contributed by atoms with Crippen LogP contribution in [0.4, 0.5) is 0 Å². The van der Waals surface area contributed by atoms with Crippen molar-refractivity contribution in [2.24, 2.45) is 0 Å². The minimum absolute atomic E-state index is 0.633. The molecule has 0 N–H and O–H groups in total. The van der Waals surface area contributed by atoms with Crippen LogP contribution in [0.5, 0.6) is 0 Å². The molecule has 4 rings (SSSR count). The fourth-order valence-corrected chi connectivity index (χ4v) is 7.74. The predicted octanol–water partition coefficient (Wildman–Crippen LogP) is 3.76. The average molecular weight is 338 g/mol. The van der Waals surface area contributed by atoms with Crippen LogP contribution < -0.4 is 15.3 Å². The smallest absolute Gasteiger partial charge is 0.263 e. The molecule has 2 heterocycles. The van der Waals surface area contributed by atoms with E-state index in [1.54, 1.807) is 11.8 Å². The molecule has 4 heteroatoms. The van der Waals surface area contributed by atoms with Gasteiger partial charge in [0.1, 0.15) is 0 Å². The summed E-state index contributed by atoms with van der Waals surface area (Å²) in [6.07, 6.45) is 2.65. The molecule has 114 valence electrons. The number of hydrogen-bond acceptors (Lipinski definition) is 2. The number of hydrogen-bond donors (Lipinski definition) is 0. The summed E-state index contributed by atoms with van der Waals surface area (Å²) in [5.41, 5.74) is 2.01. The number of pyridine rings is 1. The quantitative estimate of drug-likeness (QED) is 0.524. The Kier molecular flexibility index (Phi) is 3.63. The van der Waals surface area contributed by atoms with E-state index in [1.807, 2.05) is 55.6 Å². The molecule has 0 bridgehead atoms. The summed E-state index contributed by atoms with van der Waals surface area (Å²) in [5.74, 6) is 0. The summed E-state index contributed by atoms with van der Waals surface area (Å²) < 4.78 is 16.1. The van der Waals surface area contributed by atoms with Gasteiger partial charge in [-0.2, -0.15) is 4.57 Å². The molecule has 0 saturated heterocycles. The standard InChI is InChI=1S/C19H17NOPS/c1-2-22(21)16-11-6-7-12-17(16)23-18-13-8-14-20(19(18)22)15-9-4-3-5-10-15/h3-14H,2H2,1H3/q+1. The highest BCUT2D eigenvalue weighted by molar-refractivity contribution is 8.02. The van der Waals surface area contributed by atoms with Crippen molar-refractivity contribution in [1.29, 1.82) is 0 Å². The van der Waals surface area contributed by atoms with E-state index in [-0.39, 0.29) is 0 Å². The molecule has 0 aliphatic carbocycles. The Hall–Kier alpha value is -1.83. The highest BCUT2D eigenvalue weighted by Gasteiger charge is 2.42. The van der Waals surface area contributed by atoms with Crippen LogP contribution in [0, 0.1) is 0 Å². The molecular weight excluding hydrogens is 321 g/mol. The van der Waals surface area contributed by atoms with Gasteiger partial charge in [0.15, 0.2) is 6.20 Å². The van der Waals surface area contributed by atoms with E-state index < -0.39 is 7.14 Å². The summed E-state index contributed by atoms with van der Waals surface area (Å²) in [5, 5.41) is 0.996. The normalized spacial score (nSPS) is 19.0. The van der Waals surface area contributed by atoms with Crippen LogP contribution in [0.2, 0.25) is 0 Å². The van der Waals surface area contributed by atoms with Crippen LogP contribution in [0.15, 0.2) is 82.7 Å². The summed E-state index contributed by atoms with van der Waals surface area (Å²) >= 11 is 1.72. The molecule has 2 aromatic carbocycles. The third-order valence-corrected chi connectivity index (χ3v) is 8.85. The summed E-state index contributed by atoms with van der Waals surface area (Å²) in [6.45, 7) is 2.03. The zero-order valence-corrected chi connectivity index (χ0v) is 14.6. The van der Waals surface area contributed by atoms with Crippen LogP contribution in [-0.2, 0) is 4.57 Å². The molecule has 23 heavy (non-hydrogen) atoms. The first kappa shape index (κ1) is 14.7. The van der Waals surface area contributed by atoms with Crippen molar-refractivity contribution in [3.05, 3.63) is 72.9 Å². The van der Waals surface area contributed by atoms with Crippen molar-refractivity contribution < 1.29 is 9.13 Å². The Morgan fingerprint density at radius 3 is 2.39 bits per heavy atom. The topological polar surface area (TPSA) is 20.9 Å². The van der Waals surface area contributed by atoms with Crippen LogP contribution in [0.1, 0.15) is 6.92 Å². The van der Waals surface area contributed by atoms with E-state index in [2.05, 4.69) is 28.8 Å². The van der Waals surface area contributed by atoms with Gasteiger partial charge >= 0.3 is 0 Å². The van der Waals surface area contributed by atoms with E-state index in [4.69, 9.17) is 0 Å². The molecule has 1 atom stereocenters. The molecule has 0 spiro atoms. The van der Waals surface area contributed by atoms with E-state index in [0.29, 0.717) is 6.16 Å². The highest BCUT2D eigenvalue weighted by atomic mass is 32.2. The molecule has 1 aliphatic rings. The van der Waals surface area contributed by atoms with Gasteiger partial charge in [-0.15, -0.1) is 0 Å². The summed E-state index contributed by atoms with van der Waals surface area (Å²) in [6, 6.07) is 22.4. The molecule has 1 aliphatic heterocycles. The van der Waals surface area contributed by atoms with Crippen molar-refractivity contribution in [2.75, 3.05) is 6.16 Å². The summed E-state index contributed by atoms with van der Waals surface area (Å²) in [7, 11) is -2.64. The first-order valence-electron chi connectivity index (χ1n) is 7.71. The van der Waals surface area contributed by atoms with Gasteiger partial charge < -0.3 is 4.57 Å². The number of aromatic nitrogens is 1. The van der Waals surface area contributed by atoms with Gasteiger partial charge in [-0.25, -0.2) is 0 Å². The van der Waals surface area contributed by atoms with Crippen LogP contribution in [-0.4, -0.2) is 6.16 Å². The fraction of sp³-hybridized carbons (Fsp3) is 0.105. The lowest BCUT2D eigenvalue weighted by atomic mass is 10.3. The van der Waals surface area contributed by atoms with E-state index in [9.17, 15) is 4.57 Å². The van der Waals surface area contributed by atoms with Crippen molar-refractivity contribution in [3.8, 4) is 5.69 Å². The van der Waals surface area contributed by atoms with Crippen molar-refractivity contribution in [3.63, 3.8) is 0 Å². The highest BCUT2D eigenvalue weighted by Crippen LogP contribution is 2.51. The van der Waals surface area contributed by atoms with Gasteiger partial charge in [0.2, 0.25) is 12.8 Å². The predicted molar refractivity (Wildman–Crippen MR) is 96.0 cm³/mol. The Morgan fingerprint density at radius 2 is 1.61 bits per heavy atom. The molecule has 0 amide bonds. The van der Waals surface area contributed by atoms with Crippen molar-refractivity contribution in [2.45, 2.75) is 16.7 Å². The maximum Gasteiger partial charge on any atom is 0.263 e. The fourth-order valence-electron chi connectivity index (χ4n) is 3.10. The molecule has 2 nitrogen and oxygen atoms in total. The molecule has 1 unspecified atom stereocenters. The van der Waals surface area contributed by atoms with Gasteiger partial charge in [0, 0.05) is 34.6 Å². The number of rotatable bonds is 2. The second-order valence-electron chi connectivity index (χ2n) is 5.53. The molecule has 0 radical (unpaired) electrons. The molecular formula is C19H17NOPS+. The summed E-state index contributed by atoms with van der Waals surface area (Å²) in [4.78, 5) is 2.22. The monoisotopic (exact) mass is 338 g/mol. The largest absolute Gasteiger partial charge is 0.307 e. The molecule has 3 aromatic rings. The van der Waals surface area contributed by atoms with E-state index in [1.165, 1.54) is 0 Å². The van der Waals surface area contributed by atoms with Crippen molar-refractivity contribution in [1.82, 2.24) is 0 Å². The zero-order valence-electron chi connectivity index (χ0n) is 12.8. The number of fused-ring (bicyclic) bond motifs is 2. The second kappa shape index (κ2) is 5.67.